The fourth-order valence-electron chi connectivity index (χ4n) is 2.82. The van der Waals surface area contributed by atoms with E-state index in [1.807, 2.05) is 30.5 Å². The van der Waals surface area contributed by atoms with Gasteiger partial charge in [-0.25, -0.2) is 8.42 Å². The number of aromatic nitrogens is 1. The van der Waals surface area contributed by atoms with Crippen LogP contribution in [0.3, 0.4) is 0 Å². The number of thiazole rings is 1. The molecular weight excluding hydrogens is 384 g/mol. The van der Waals surface area contributed by atoms with E-state index >= 15 is 0 Å². The van der Waals surface area contributed by atoms with Crippen molar-refractivity contribution in [3.63, 3.8) is 0 Å². The minimum atomic E-state index is -3.30. The molecule has 0 atom stereocenters. The van der Waals surface area contributed by atoms with Crippen LogP contribution in [0.4, 0.5) is 0 Å². The number of ether oxygens (including phenoxy) is 1. The lowest BCUT2D eigenvalue weighted by Crippen LogP contribution is -2.16. The first-order valence-corrected chi connectivity index (χ1v) is 11.0. The third-order valence-corrected chi connectivity index (χ3v) is 6.59. The van der Waals surface area contributed by atoms with E-state index in [4.69, 9.17) is 4.74 Å². The molecule has 0 fully saturated rings. The summed E-state index contributed by atoms with van der Waals surface area (Å²) < 4.78 is 31.6. The Kier molecular flexibility index (Phi) is 5.21. The molecule has 0 saturated heterocycles. The average Bonchev–Trinajstić information content (AvgIpc) is 3.00. The van der Waals surface area contributed by atoms with E-state index in [-0.39, 0.29) is 4.90 Å². The van der Waals surface area contributed by atoms with Crippen molar-refractivity contribution in [3.05, 3.63) is 52.3 Å². The van der Waals surface area contributed by atoms with Crippen molar-refractivity contribution in [1.29, 1.82) is 0 Å². The molecule has 2 aromatic carbocycles. The van der Waals surface area contributed by atoms with Crippen LogP contribution in [-0.4, -0.2) is 32.3 Å². The van der Waals surface area contributed by atoms with Crippen LogP contribution in [0.25, 0.3) is 10.2 Å². The van der Waals surface area contributed by atoms with Gasteiger partial charge in [-0.15, -0.1) is 0 Å². The Hall–Kier alpha value is -2.45. The van der Waals surface area contributed by atoms with Gasteiger partial charge in [0.05, 0.1) is 16.7 Å². The zero-order valence-corrected chi connectivity index (χ0v) is 17.1. The highest BCUT2D eigenvalue weighted by Crippen LogP contribution is 2.30. The van der Waals surface area contributed by atoms with Crippen molar-refractivity contribution in [2.75, 3.05) is 13.4 Å². The van der Waals surface area contributed by atoms with Gasteiger partial charge in [-0.1, -0.05) is 17.4 Å². The van der Waals surface area contributed by atoms with E-state index in [1.54, 1.807) is 7.11 Å². The molecule has 0 radical (unpaired) electrons. The summed E-state index contributed by atoms with van der Waals surface area (Å²) in [4.78, 5) is 17.6. The van der Waals surface area contributed by atoms with Crippen LogP contribution in [0, 0.1) is 6.92 Å². The summed E-state index contributed by atoms with van der Waals surface area (Å²) in [6.07, 6.45) is 1.13. The number of nitrogens with zero attached hydrogens (tertiary/aromatic N) is 2. The molecular formula is C19H20N2O4S2. The van der Waals surface area contributed by atoms with Crippen LogP contribution >= 0.6 is 11.3 Å². The van der Waals surface area contributed by atoms with E-state index in [9.17, 15) is 13.2 Å². The Labute approximate surface area is 161 Å². The van der Waals surface area contributed by atoms with Gasteiger partial charge in [-0.3, -0.25) is 4.79 Å². The topological polar surface area (TPSA) is 77.7 Å². The summed E-state index contributed by atoms with van der Waals surface area (Å²) in [5.41, 5.74) is 2.35. The fraction of sp³-hybridized carbons (Fsp3) is 0.263. The van der Waals surface area contributed by atoms with Crippen molar-refractivity contribution in [1.82, 2.24) is 4.57 Å². The molecule has 0 saturated carbocycles. The second-order valence-electron chi connectivity index (χ2n) is 6.10. The Morgan fingerprint density at radius 3 is 2.41 bits per heavy atom. The molecule has 0 bridgehead atoms. The fourth-order valence-corrected chi connectivity index (χ4v) is 4.63. The van der Waals surface area contributed by atoms with Gasteiger partial charge in [0, 0.05) is 18.4 Å². The minimum Gasteiger partial charge on any atom is -0.495 e. The Balaban J connectivity index is 2.13. The van der Waals surface area contributed by atoms with Crippen molar-refractivity contribution < 1.29 is 17.9 Å². The number of aryl methyl sites for hydroxylation is 2. The number of sulfone groups is 1. The second kappa shape index (κ2) is 7.28. The van der Waals surface area contributed by atoms with E-state index in [0.29, 0.717) is 16.9 Å². The van der Waals surface area contributed by atoms with E-state index in [1.165, 1.54) is 35.6 Å². The second-order valence-corrected chi connectivity index (χ2v) is 9.10. The summed E-state index contributed by atoms with van der Waals surface area (Å²) in [6, 6.07) is 9.70. The van der Waals surface area contributed by atoms with Crippen LogP contribution in [0.15, 0.2) is 46.3 Å². The van der Waals surface area contributed by atoms with Crippen LogP contribution < -0.4 is 9.54 Å². The predicted octanol–water partition coefficient (Wildman–Crippen LogP) is 3.18. The third-order valence-electron chi connectivity index (χ3n) is 4.25. The number of fused-ring (bicyclic) bond motifs is 1. The molecule has 0 N–H and O–H groups in total. The van der Waals surface area contributed by atoms with Gasteiger partial charge in [0.15, 0.2) is 14.6 Å². The highest BCUT2D eigenvalue weighted by molar-refractivity contribution is 7.90. The summed E-state index contributed by atoms with van der Waals surface area (Å²) in [7, 11) is -1.68. The number of carbonyl (C=O) groups excluding carboxylic acids is 1. The van der Waals surface area contributed by atoms with Crippen LogP contribution in [-0.2, 0) is 16.4 Å². The number of hydrogen-bond acceptors (Lipinski definition) is 5. The van der Waals surface area contributed by atoms with Crippen molar-refractivity contribution in [2.45, 2.75) is 25.3 Å². The van der Waals surface area contributed by atoms with E-state index in [0.717, 1.165) is 27.8 Å². The Morgan fingerprint density at radius 1 is 1.19 bits per heavy atom. The SMILES string of the molecule is CCn1c(=NC(=O)c2ccc(S(C)(=O)=O)cc2)sc2c(C)ccc(OC)c21. The van der Waals surface area contributed by atoms with Gasteiger partial charge in [-0.05, 0) is 49.7 Å². The molecule has 0 aliphatic heterocycles. The smallest absolute Gasteiger partial charge is 0.279 e. The summed E-state index contributed by atoms with van der Waals surface area (Å²) in [5.74, 6) is 0.320. The number of amides is 1. The third kappa shape index (κ3) is 3.68. The zero-order valence-electron chi connectivity index (χ0n) is 15.5. The first kappa shape index (κ1) is 19.3. The lowest BCUT2D eigenvalue weighted by atomic mass is 10.2. The maximum Gasteiger partial charge on any atom is 0.279 e. The van der Waals surface area contributed by atoms with Gasteiger partial charge in [0.1, 0.15) is 11.3 Å². The van der Waals surface area contributed by atoms with Crippen LogP contribution in [0.2, 0.25) is 0 Å². The minimum absolute atomic E-state index is 0.171. The molecule has 6 nitrogen and oxygen atoms in total. The molecule has 8 heteroatoms. The van der Waals surface area contributed by atoms with Crippen molar-refractivity contribution >= 4 is 37.3 Å². The molecule has 3 aromatic rings. The first-order chi connectivity index (χ1) is 12.8. The summed E-state index contributed by atoms with van der Waals surface area (Å²) in [6.45, 7) is 4.63. The lowest BCUT2D eigenvalue weighted by molar-refractivity contribution is 0.0997. The standard InChI is InChI=1S/C19H20N2O4S2/c1-5-21-16-15(25-3)11-6-12(2)17(16)26-19(21)20-18(22)13-7-9-14(10-8-13)27(4,23)24/h6-11H,5H2,1-4H3. The number of hydrogen-bond donors (Lipinski definition) is 0. The van der Waals surface area contributed by atoms with Gasteiger partial charge >= 0.3 is 0 Å². The number of methoxy groups -OCH3 is 1. The van der Waals surface area contributed by atoms with Gasteiger partial charge in [0.25, 0.3) is 5.91 Å². The Bertz CT molecular complexity index is 1190. The number of benzene rings is 2. The molecule has 0 spiro atoms. The molecule has 1 heterocycles. The molecule has 3 rings (SSSR count). The van der Waals surface area contributed by atoms with E-state index in [2.05, 4.69) is 4.99 Å². The quantitative estimate of drug-likeness (QED) is 0.669. The molecule has 142 valence electrons. The van der Waals surface area contributed by atoms with E-state index < -0.39 is 15.7 Å². The number of rotatable bonds is 4. The molecule has 27 heavy (non-hydrogen) atoms. The highest BCUT2D eigenvalue weighted by Gasteiger charge is 2.14. The first-order valence-electron chi connectivity index (χ1n) is 8.32. The number of carbonyl (C=O) groups is 1. The van der Waals surface area contributed by atoms with Crippen molar-refractivity contribution in [2.24, 2.45) is 4.99 Å². The Morgan fingerprint density at radius 2 is 1.85 bits per heavy atom. The summed E-state index contributed by atoms with van der Waals surface area (Å²) in [5, 5.41) is 0. The monoisotopic (exact) mass is 404 g/mol. The summed E-state index contributed by atoms with van der Waals surface area (Å²) >= 11 is 1.43. The molecule has 0 aliphatic rings. The highest BCUT2D eigenvalue weighted by atomic mass is 32.2. The lowest BCUT2D eigenvalue weighted by Gasteiger charge is -2.07. The zero-order chi connectivity index (χ0) is 19.8. The maximum atomic E-state index is 12.6. The van der Waals surface area contributed by atoms with Gasteiger partial charge in [-0.2, -0.15) is 4.99 Å². The molecule has 1 amide bonds. The van der Waals surface area contributed by atoms with Gasteiger partial charge < -0.3 is 9.30 Å². The molecule has 1 aromatic heterocycles. The molecule has 0 aliphatic carbocycles. The van der Waals surface area contributed by atoms with Crippen LogP contribution in [0.5, 0.6) is 5.75 Å². The normalized spacial score (nSPS) is 12.5. The predicted molar refractivity (Wildman–Crippen MR) is 106 cm³/mol. The maximum absolute atomic E-state index is 12.6. The van der Waals surface area contributed by atoms with Crippen LogP contribution in [0.1, 0.15) is 22.8 Å². The van der Waals surface area contributed by atoms with Crippen molar-refractivity contribution in [3.8, 4) is 5.75 Å². The average molecular weight is 405 g/mol. The largest absolute Gasteiger partial charge is 0.495 e. The molecule has 0 unspecified atom stereocenters. The van der Waals surface area contributed by atoms with Gasteiger partial charge in [0.2, 0.25) is 0 Å².